The Morgan fingerprint density at radius 2 is 2.50 bits per heavy atom. The summed E-state index contributed by atoms with van der Waals surface area (Å²) in [7, 11) is 0. The molecule has 1 rings (SSSR count). The van der Waals surface area contributed by atoms with Crippen LogP contribution in [-0.4, -0.2) is 5.16 Å². The lowest BCUT2D eigenvalue weighted by molar-refractivity contribution is 0.390. The maximum absolute atomic E-state index is 5.18. The second kappa shape index (κ2) is 2.57. The molecule has 0 spiro atoms. The van der Waals surface area contributed by atoms with Crippen LogP contribution in [0.25, 0.3) is 0 Å². The van der Waals surface area contributed by atoms with Crippen molar-refractivity contribution in [1.29, 1.82) is 0 Å². The smallest absolute Gasteiger partial charge is 0.133 e. The third-order valence-corrected chi connectivity index (χ3v) is 1.34. The van der Waals surface area contributed by atoms with Crippen LogP contribution < -0.4 is 0 Å². The van der Waals surface area contributed by atoms with Gasteiger partial charge in [0.05, 0.1) is 11.6 Å². The summed E-state index contributed by atoms with van der Waals surface area (Å²) in [4.78, 5) is 0. The van der Waals surface area contributed by atoms with Gasteiger partial charge in [0.15, 0.2) is 0 Å². The van der Waals surface area contributed by atoms with E-state index in [9.17, 15) is 0 Å². The van der Waals surface area contributed by atoms with E-state index in [-0.39, 0.29) is 5.92 Å². The summed E-state index contributed by atoms with van der Waals surface area (Å²) in [5, 5.41) is 3.77. The van der Waals surface area contributed by atoms with Gasteiger partial charge in [-0.1, -0.05) is 11.1 Å². The van der Waals surface area contributed by atoms with Gasteiger partial charge >= 0.3 is 0 Å². The number of hydrogen-bond donors (Lipinski definition) is 0. The lowest BCUT2D eigenvalue weighted by Gasteiger charge is -1.92. The molecule has 0 saturated carbocycles. The van der Waals surface area contributed by atoms with E-state index in [4.69, 9.17) is 10.9 Å². The fourth-order valence-corrected chi connectivity index (χ4v) is 0.675. The van der Waals surface area contributed by atoms with Crippen molar-refractivity contribution < 1.29 is 4.52 Å². The van der Waals surface area contributed by atoms with Crippen molar-refractivity contribution in [3.05, 3.63) is 17.5 Å². The van der Waals surface area contributed by atoms with Crippen molar-refractivity contribution in [2.45, 2.75) is 19.8 Å². The van der Waals surface area contributed by atoms with Gasteiger partial charge in [0.1, 0.15) is 5.76 Å². The van der Waals surface area contributed by atoms with Crippen molar-refractivity contribution in [1.82, 2.24) is 5.16 Å². The highest BCUT2D eigenvalue weighted by molar-refractivity contribution is 5.17. The first-order valence-corrected chi connectivity index (χ1v) is 3.13. The molecule has 0 aromatic carbocycles. The summed E-state index contributed by atoms with van der Waals surface area (Å²) in [5.41, 5.74) is 0.833. The zero-order valence-electron chi connectivity index (χ0n) is 6.09. The van der Waals surface area contributed by atoms with Crippen LogP contribution >= 0.6 is 0 Å². The molecule has 1 aromatic rings. The van der Waals surface area contributed by atoms with Crippen LogP contribution in [0.3, 0.4) is 0 Å². The van der Waals surface area contributed by atoms with Gasteiger partial charge in [-0.2, -0.15) is 0 Å². The standard InChI is InChI=1S/C8H9NO/c1-4-6(2)8-5-7(3)10-9-8/h1,5-6H,2-3H3/t6-/m1/s1. The van der Waals surface area contributed by atoms with E-state index in [1.165, 1.54) is 0 Å². The molecule has 1 aromatic heterocycles. The second-order valence-corrected chi connectivity index (χ2v) is 2.25. The van der Waals surface area contributed by atoms with Crippen molar-refractivity contribution in [2.24, 2.45) is 0 Å². The Hall–Kier alpha value is -1.23. The number of aryl methyl sites for hydroxylation is 1. The first-order chi connectivity index (χ1) is 4.74. The zero-order valence-corrected chi connectivity index (χ0v) is 6.09. The zero-order chi connectivity index (χ0) is 7.56. The predicted octanol–water partition coefficient (Wildman–Crippen LogP) is 1.72. The molecule has 0 bridgehead atoms. The summed E-state index contributed by atoms with van der Waals surface area (Å²) >= 11 is 0. The fourth-order valence-electron chi connectivity index (χ4n) is 0.675. The molecule has 1 atom stereocenters. The van der Waals surface area contributed by atoms with Crippen LogP contribution in [0.1, 0.15) is 24.3 Å². The molecule has 0 amide bonds. The van der Waals surface area contributed by atoms with Crippen molar-refractivity contribution in [3.8, 4) is 12.3 Å². The first-order valence-electron chi connectivity index (χ1n) is 3.13. The SMILES string of the molecule is C#C[C@@H](C)c1cc(C)on1. The van der Waals surface area contributed by atoms with Crippen molar-refractivity contribution in [2.75, 3.05) is 0 Å². The minimum absolute atomic E-state index is 0.0532. The predicted molar refractivity (Wildman–Crippen MR) is 38.5 cm³/mol. The third-order valence-electron chi connectivity index (χ3n) is 1.34. The Kier molecular flexibility index (Phi) is 1.77. The minimum atomic E-state index is 0.0532. The van der Waals surface area contributed by atoms with Crippen LogP contribution in [0.2, 0.25) is 0 Å². The van der Waals surface area contributed by atoms with Gasteiger partial charge in [-0.3, -0.25) is 0 Å². The summed E-state index contributed by atoms with van der Waals surface area (Å²) in [5.74, 6) is 3.43. The van der Waals surface area contributed by atoms with E-state index in [0.717, 1.165) is 11.5 Å². The van der Waals surface area contributed by atoms with Crippen LogP contribution in [0, 0.1) is 19.3 Å². The fraction of sp³-hybridized carbons (Fsp3) is 0.375. The van der Waals surface area contributed by atoms with E-state index >= 15 is 0 Å². The quantitative estimate of drug-likeness (QED) is 0.548. The number of nitrogens with zero attached hydrogens (tertiary/aromatic N) is 1. The maximum Gasteiger partial charge on any atom is 0.133 e. The third kappa shape index (κ3) is 1.19. The Balaban J connectivity index is 2.87. The molecule has 2 nitrogen and oxygen atoms in total. The molecular formula is C8H9NO. The molecule has 2 heteroatoms. The molecule has 0 aliphatic heterocycles. The van der Waals surface area contributed by atoms with E-state index in [2.05, 4.69) is 11.1 Å². The molecule has 0 aliphatic carbocycles. The Morgan fingerprint density at radius 1 is 1.80 bits per heavy atom. The monoisotopic (exact) mass is 135 g/mol. The molecule has 0 unspecified atom stereocenters. The Bertz CT molecular complexity index is 256. The minimum Gasteiger partial charge on any atom is -0.361 e. The number of terminal acetylenes is 1. The Labute approximate surface area is 60.2 Å². The second-order valence-electron chi connectivity index (χ2n) is 2.25. The van der Waals surface area contributed by atoms with Gasteiger partial charge in [0.2, 0.25) is 0 Å². The van der Waals surface area contributed by atoms with Gasteiger partial charge in [0.25, 0.3) is 0 Å². The van der Waals surface area contributed by atoms with Crippen LogP contribution in [0.4, 0.5) is 0 Å². The molecule has 10 heavy (non-hydrogen) atoms. The van der Waals surface area contributed by atoms with Gasteiger partial charge in [-0.15, -0.1) is 6.42 Å². The van der Waals surface area contributed by atoms with E-state index in [1.807, 2.05) is 19.9 Å². The Morgan fingerprint density at radius 3 is 2.90 bits per heavy atom. The summed E-state index contributed by atoms with van der Waals surface area (Å²) in [6.45, 7) is 3.76. The lowest BCUT2D eigenvalue weighted by Crippen LogP contribution is -1.87. The molecule has 0 N–H and O–H groups in total. The normalized spacial score (nSPS) is 12.5. The molecule has 1 heterocycles. The summed E-state index contributed by atoms with van der Waals surface area (Å²) in [6.07, 6.45) is 5.18. The van der Waals surface area contributed by atoms with Gasteiger partial charge < -0.3 is 4.52 Å². The van der Waals surface area contributed by atoms with Crippen molar-refractivity contribution >= 4 is 0 Å². The van der Waals surface area contributed by atoms with E-state index in [0.29, 0.717) is 0 Å². The van der Waals surface area contributed by atoms with Crippen LogP contribution in [-0.2, 0) is 0 Å². The highest BCUT2D eigenvalue weighted by Gasteiger charge is 2.05. The largest absolute Gasteiger partial charge is 0.361 e. The maximum atomic E-state index is 5.18. The number of rotatable bonds is 1. The van der Waals surface area contributed by atoms with E-state index in [1.54, 1.807) is 0 Å². The van der Waals surface area contributed by atoms with E-state index < -0.39 is 0 Å². The van der Waals surface area contributed by atoms with Gasteiger partial charge in [0, 0.05) is 6.07 Å². The summed E-state index contributed by atoms with van der Waals surface area (Å²) in [6, 6.07) is 1.85. The molecular weight excluding hydrogens is 126 g/mol. The number of hydrogen-bond acceptors (Lipinski definition) is 2. The topological polar surface area (TPSA) is 26.0 Å². The molecule has 52 valence electrons. The average Bonchev–Trinajstić information content (AvgIpc) is 2.34. The lowest BCUT2D eigenvalue weighted by atomic mass is 10.1. The first kappa shape index (κ1) is 6.88. The number of aromatic nitrogens is 1. The molecule has 0 saturated heterocycles. The highest BCUT2D eigenvalue weighted by atomic mass is 16.5. The van der Waals surface area contributed by atoms with Crippen LogP contribution in [0.15, 0.2) is 10.6 Å². The average molecular weight is 135 g/mol. The molecule has 0 radical (unpaired) electrons. The summed E-state index contributed by atoms with van der Waals surface area (Å²) < 4.78 is 4.84. The molecule has 0 fully saturated rings. The molecule has 0 aliphatic rings. The van der Waals surface area contributed by atoms with Gasteiger partial charge in [-0.25, -0.2) is 0 Å². The van der Waals surface area contributed by atoms with Gasteiger partial charge in [-0.05, 0) is 13.8 Å². The highest BCUT2D eigenvalue weighted by Crippen LogP contribution is 2.12. The van der Waals surface area contributed by atoms with Crippen molar-refractivity contribution in [3.63, 3.8) is 0 Å². The van der Waals surface area contributed by atoms with Crippen LogP contribution in [0.5, 0.6) is 0 Å².